The van der Waals surface area contributed by atoms with Gasteiger partial charge in [-0.3, -0.25) is 0 Å². The summed E-state index contributed by atoms with van der Waals surface area (Å²) in [7, 11) is -2.40. The van der Waals surface area contributed by atoms with E-state index in [0.717, 1.165) is 11.3 Å². The molecular weight excluding hydrogens is 392 g/mol. The Morgan fingerprint density at radius 3 is 2.00 bits per heavy atom. The second-order valence-corrected chi connectivity index (χ2v) is 12.5. The van der Waals surface area contributed by atoms with E-state index in [9.17, 15) is 0 Å². The number of ether oxygens (including phenoxy) is 2. The average molecular weight is 433 g/mol. The van der Waals surface area contributed by atoms with Crippen molar-refractivity contribution in [3.8, 4) is 5.75 Å². The molecule has 5 heteroatoms. The van der Waals surface area contributed by atoms with E-state index in [1.807, 2.05) is 13.8 Å². The van der Waals surface area contributed by atoms with Crippen molar-refractivity contribution in [3.63, 3.8) is 0 Å². The van der Waals surface area contributed by atoms with Gasteiger partial charge in [0.1, 0.15) is 5.75 Å². The molecule has 0 atom stereocenters. The van der Waals surface area contributed by atoms with Crippen molar-refractivity contribution < 1.29 is 18.3 Å². The fourth-order valence-corrected chi connectivity index (χ4v) is 8.31. The highest BCUT2D eigenvalue weighted by Gasteiger charge is 2.51. The van der Waals surface area contributed by atoms with E-state index < -0.39 is 14.3 Å². The zero-order valence-electron chi connectivity index (χ0n) is 19.2. The molecule has 4 rings (SSSR count). The fraction of sp³-hybridized carbons (Fsp3) is 0.760. The van der Waals surface area contributed by atoms with Crippen LogP contribution in [0.5, 0.6) is 5.75 Å². The lowest BCUT2D eigenvalue weighted by Gasteiger charge is -2.50. The van der Waals surface area contributed by atoms with Crippen molar-refractivity contribution in [1.29, 1.82) is 0 Å². The maximum absolute atomic E-state index is 6.90. The Bertz CT molecular complexity index is 670. The monoisotopic (exact) mass is 432 g/mol. The highest BCUT2D eigenvalue weighted by atomic mass is 28.4. The minimum atomic E-state index is -2.40. The first-order valence-electron chi connectivity index (χ1n) is 12.4. The van der Waals surface area contributed by atoms with Gasteiger partial charge in [0.05, 0.1) is 6.61 Å². The summed E-state index contributed by atoms with van der Waals surface area (Å²) in [5.41, 5.74) is 1.15. The van der Waals surface area contributed by atoms with Crippen LogP contribution in [0.1, 0.15) is 83.6 Å². The van der Waals surface area contributed by atoms with E-state index in [4.69, 9.17) is 18.3 Å². The van der Waals surface area contributed by atoms with Gasteiger partial charge < -0.3 is 18.3 Å². The van der Waals surface area contributed by atoms with Crippen molar-refractivity contribution in [2.75, 3.05) is 13.2 Å². The smallest absolute Gasteiger partial charge is 0.369 e. The van der Waals surface area contributed by atoms with Gasteiger partial charge in [0, 0.05) is 30.6 Å². The molecule has 2 fully saturated rings. The van der Waals surface area contributed by atoms with Gasteiger partial charge in [0.15, 0.2) is 0 Å². The maximum Gasteiger partial charge on any atom is 0.369 e. The van der Waals surface area contributed by atoms with Crippen LogP contribution in [0.3, 0.4) is 0 Å². The van der Waals surface area contributed by atoms with Crippen LogP contribution < -0.4 is 9.92 Å². The van der Waals surface area contributed by atoms with Crippen LogP contribution in [0.4, 0.5) is 0 Å². The molecule has 0 bridgehead atoms. The molecule has 0 amide bonds. The van der Waals surface area contributed by atoms with E-state index in [2.05, 4.69) is 24.7 Å². The van der Waals surface area contributed by atoms with Gasteiger partial charge >= 0.3 is 8.56 Å². The molecule has 1 aromatic carbocycles. The molecule has 4 nitrogen and oxygen atoms in total. The van der Waals surface area contributed by atoms with Crippen LogP contribution in [-0.4, -0.2) is 27.6 Å². The maximum atomic E-state index is 6.90. The van der Waals surface area contributed by atoms with Gasteiger partial charge in [0.2, 0.25) is 5.79 Å². The summed E-state index contributed by atoms with van der Waals surface area (Å²) >= 11 is 0. The Balaban J connectivity index is 1.62. The molecule has 0 spiro atoms. The summed E-state index contributed by atoms with van der Waals surface area (Å²) in [6, 6.07) is 6.56. The third-order valence-corrected chi connectivity index (χ3v) is 10.5. The van der Waals surface area contributed by atoms with Crippen LogP contribution in [0.2, 0.25) is 6.55 Å². The third-order valence-electron chi connectivity index (χ3n) is 7.50. The Kier molecular flexibility index (Phi) is 7.23. The highest BCUT2D eigenvalue weighted by molar-refractivity contribution is 6.80. The van der Waals surface area contributed by atoms with E-state index in [1.54, 1.807) is 0 Å². The summed E-state index contributed by atoms with van der Waals surface area (Å²) < 4.78 is 25.9. The van der Waals surface area contributed by atoms with Crippen molar-refractivity contribution in [2.24, 2.45) is 11.8 Å². The summed E-state index contributed by atoms with van der Waals surface area (Å²) in [6.07, 6.45) is 12.9. The van der Waals surface area contributed by atoms with Crippen LogP contribution >= 0.6 is 0 Å². The zero-order valence-corrected chi connectivity index (χ0v) is 20.2. The van der Waals surface area contributed by atoms with Gasteiger partial charge in [-0.25, -0.2) is 0 Å². The highest BCUT2D eigenvalue weighted by Crippen LogP contribution is 2.49. The van der Waals surface area contributed by atoms with Crippen molar-refractivity contribution in [3.05, 3.63) is 23.8 Å². The van der Waals surface area contributed by atoms with E-state index in [1.165, 1.54) is 69.4 Å². The molecule has 1 aromatic rings. The Hall–Kier alpha value is -0.883. The average Bonchev–Trinajstić information content (AvgIpc) is 2.80. The van der Waals surface area contributed by atoms with Gasteiger partial charge in [-0.1, -0.05) is 44.6 Å². The Morgan fingerprint density at radius 2 is 1.47 bits per heavy atom. The standard InChI is InChI=1S/C25H40O4Si/c1-4-27-30(3,28-5-2)23-16-17-24-20(18-23)19-26-25(29-24,21-12-8-6-9-13-21)22-14-10-7-11-15-22/h16-18,21-22H,4-15,19H2,1-3H3. The number of rotatable bonds is 7. The molecule has 1 aliphatic heterocycles. The predicted octanol–water partition coefficient (Wildman–Crippen LogP) is 5.80. The summed E-state index contributed by atoms with van der Waals surface area (Å²) in [6.45, 7) is 8.19. The van der Waals surface area contributed by atoms with E-state index >= 15 is 0 Å². The molecule has 1 heterocycles. The minimum absolute atomic E-state index is 0.421. The largest absolute Gasteiger partial charge is 0.461 e. The summed E-state index contributed by atoms with van der Waals surface area (Å²) in [4.78, 5) is 0. The van der Waals surface area contributed by atoms with E-state index in [0.29, 0.717) is 31.7 Å². The number of hydrogen-bond acceptors (Lipinski definition) is 4. The molecule has 2 saturated carbocycles. The molecule has 0 N–H and O–H groups in total. The molecule has 0 radical (unpaired) electrons. The molecule has 3 aliphatic rings. The number of benzene rings is 1. The first-order chi connectivity index (χ1) is 14.6. The molecule has 0 aromatic heterocycles. The van der Waals surface area contributed by atoms with Gasteiger partial charge in [-0.15, -0.1) is 0 Å². The lowest BCUT2D eigenvalue weighted by molar-refractivity contribution is -0.278. The summed E-state index contributed by atoms with van der Waals surface area (Å²) in [5, 5.41) is 1.17. The second-order valence-electron chi connectivity index (χ2n) is 9.42. The minimum Gasteiger partial charge on any atom is -0.461 e. The SMILES string of the molecule is CCO[Si](C)(OCC)c1ccc2c(c1)COC(C1CCCCC1)(C1CCCCC1)O2. The quantitative estimate of drug-likeness (QED) is 0.510. The van der Waals surface area contributed by atoms with Gasteiger partial charge in [-0.05, 0) is 63.4 Å². The Labute approximate surface area is 183 Å². The summed E-state index contributed by atoms with van der Waals surface area (Å²) in [5.74, 6) is 1.64. The first-order valence-corrected chi connectivity index (χ1v) is 14.7. The zero-order chi connectivity index (χ0) is 21.0. The normalized spacial score (nSPS) is 23.0. The predicted molar refractivity (Wildman–Crippen MR) is 122 cm³/mol. The molecule has 168 valence electrons. The third kappa shape index (κ3) is 4.36. The molecule has 0 saturated heterocycles. The second kappa shape index (κ2) is 9.72. The van der Waals surface area contributed by atoms with Gasteiger partial charge in [0.25, 0.3) is 0 Å². The Morgan fingerprint density at radius 1 is 0.900 bits per heavy atom. The van der Waals surface area contributed by atoms with Crippen molar-refractivity contribution >= 4 is 13.7 Å². The lowest BCUT2D eigenvalue weighted by atomic mass is 9.72. The van der Waals surface area contributed by atoms with Gasteiger partial charge in [-0.2, -0.15) is 0 Å². The number of hydrogen-bond donors (Lipinski definition) is 0. The van der Waals surface area contributed by atoms with Crippen LogP contribution in [0.15, 0.2) is 18.2 Å². The van der Waals surface area contributed by atoms with Crippen molar-refractivity contribution in [2.45, 2.75) is 97.0 Å². The van der Waals surface area contributed by atoms with Crippen molar-refractivity contribution in [1.82, 2.24) is 0 Å². The van der Waals surface area contributed by atoms with Crippen LogP contribution in [0, 0.1) is 11.8 Å². The van der Waals surface area contributed by atoms with E-state index in [-0.39, 0.29) is 0 Å². The fourth-order valence-electron chi connectivity index (χ4n) is 5.97. The lowest BCUT2D eigenvalue weighted by Crippen LogP contribution is -2.56. The first kappa shape index (κ1) is 22.3. The molecule has 2 aliphatic carbocycles. The molecular formula is C25H40O4Si. The van der Waals surface area contributed by atoms with Crippen LogP contribution in [0.25, 0.3) is 0 Å². The molecule has 30 heavy (non-hydrogen) atoms. The topological polar surface area (TPSA) is 36.9 Å². The molecule has 0 unspecified atom stereocenters. The van der Waals surface area contributed by atoms with Crippen LogP contribution in [-0.2, 0) is 20.2 Å². The number of fused-ring (bicyclic) bond motifs is 1.